The average Bonchev–Trinajstić information content (AvgIpc) is 2.52. The molecule has 0 radical (unpaired) electrons. The van der Waals surface area contributed by atoms with Crippen LogP contribution in [0.25, 0.3) is 0 Å². The van der Waals surface area contributed by atoms with Gasteiger partial charge in [0.15, 0.2) is 12.4 Å². The summed E-state index contributed by atoms with van der Waals surface area (Å²) in [6.07, 6.45) is 6.36. The fourth-order valence-corrected chi connectivity index (χ4v) is 7.12. The minimum absolute atomic E-state index is 0.116. The molecular formula is C21H25BrO3. The summed E-state index contributed by atoms with van der Waals surface area (Å²) in [6.45, 7) is 3.86. The Morgan fingerprint density at radius 1 is 1.12 bits per heavy atom. The van der Waals surface area contributed by atoms with E-state index in [0.717, 1.165) is 30.4 Å². The smallest absolute Gasteiger partial charge is 0.312 e. The highest BCUT2D eigenvalue weighted by atomic mass is 79.9. The van der Waals surface area contributed by atoms with Gasteiger partial charge in [0.05, 0.1) is 5.41 Å². The number of carbonyl (C=O) groups excluding carboxylic acids is 2. The number of alkyl halides is 1. The van der Waals surface area contributed by atoms with E-state index in [-0.39, 0.29) is 28.1 Å². The lowest BCUT2D eigenvalue weighted by atomic mass is 9.49. The number of halogens is 1. The Bertz CT molecular complexity index is 725. The molecule has 4 aliphatic rings. The van der Waals surface area contributed by atoms with Gasteiger partial charge >= 0.3 is 5.97 Å². The highest BCUT2D eigenvalue weighted by molar-refractivity contribution is 9.10. The molecule has 2 unspecified atom stereocenters. The number of carbonyl (C=O) groups is 2. The van der Waals surface area contributed by atoms with Crippen molar-refractivity contribution in [3.05, 3.63) is 34.9 Å². The van der Waals surface area contributed by atoms with Crippen molar-refractivity contribution in [3.63, 3.8) is 0 Å². The lowest BCUT2D eigenvalue weighted by Crippen LogP contribution is -2.56. The molecule has 0 amide bonds. The molecule has 25 heavy (non-hydrogen) atoms. The highest BCUT2D eigenvalue weighted by Crippen LogP contribution is 2.64. The van der Waals surface area contributed by atoms with Gasteiger partial charge in [-0.1, -0.05) is 28.1 Å². The number of rotatable bonds is 4. The third-order valence-corrected chi connectivity index (χ3v) is 7.51. The van der Waals surface area contributed by atoms with Gasteiger partial charge < -0.3 is 4.74 Å². The largest absolute Gasteiger partial charge is 0.457 e. The van der Waals surface area contributed by atoms with Gasteiger partial charge in [-0.05, 0) is 81.4 Å². The van der Waals surface area contributed by atoms with E-state index in [1.807, 2.05) is 32.0 Å². The van der Waals surface area contributed by atoms with E-state index in [1.54, 1.807) is 0 Å². The van der Waals surface area contributed by atoms with E-state index < -0.39 is 0 Å². The first kappa shape index (κ1) is 17.3. The zero-order chi connectivity index (χ0) is 17.8. The van der Waals surface area contributed by atoms with Gasteiger partial charge in [-0.3, -0.25) is 9.59 Å². The summed E-state index contributed by atoms with van der Waals surface area (Å²) in [5.74, 6) is 0.990. The topological polar surface area (TPSA) is 43.4 Å². The molecule has 4 atom stereocenters. The van der Waals surface area contributed by atoms with Crippen LogP contribution >= 0.6 is 15.9 Å². The Hall–Kier alpha value is -1.16. The van der Waals surface area contributed by atoms with Gasteiger partial charge in [-0.2, -0.15) is 0 Å². The van der Waals surface area contributed by atoms with E-state index in [9.17, 15) is 9.59 Å². The van der Waals surface area contributed by atoms with Crippen LogP contribution in [-0.4, -0.2) is 22.7 Å². The molecule has 4 heteroatoms. The summed E-state index contributed by atoms with van der Waals surface area (Å²) in [6, 6.07) is 5.64. The Balaban J connectivity index is 1.44. The van der Waals surface area contributed by atoms with Gasteiger partial charge in [0, 0.05) is 9.89 Å². The molecule has 0 spiro atoms. The maximum Gasteiger partial charge on any atom is 0.312 e. The molecule has 3 nitrogen and oxygen atoms in total. The first-order valence-electron chi connectivity index (χ1n) is 9.25. The van der Waals surface area contributed by atoms with Gasteiger partial charge in [0.1, 0.15) is 0 Å². The Morgan fingerprint density at radius 2 is 1.80 bits per heavy atom. The summed E-state index contributed by atoms with van der Waals surface area (Å²) in [7, 11) is 0. The van der Waals surface area contributed by atoms with Crippen LogP contribution in [0.2, 0.25) is 0 Å². The predicted octanol–water partition coefficient (Wildman–Crippen LogP) is 4.76. The summed E-state index contributed by atoms with van der Waals surface area (Å²) >= 11 is 3.92. The van der Waals surface area contributed by atoms with Gasteiger partial charge in [-0.25, -0.2) is 0 Å². The fraction of sp³-hybridized carbons (Fsp3) is 0.619. The molecule has 1 aromatic rings. The Kier molecular flexibility index (Phi) is 4.10. The summed E-state index contributed by atoms with van der Waals surface area (Å²) in [4.78, 5) is 25.3. The third-order valence-electron chi connectivity index (χ3n) is 6.59. The molecule has 0 heterocycles. The van der Waals surface area contributed by atoms with Crippen LogP contribution < -0.4 is 0 Å². The first-order chi connectivity index (χ1) is 11.8. The predicted molar refractivity (Wildman–Crippen MR) is 100.0 cm³/mol. The molecule has 0 aromatic heterocycles. The molecule has 1 aromatic carbocycles. The van der Waals surface area contributed by atoms with Gasteiger partial charge in [0.25, 0.3) is 0 Å². The second-order valence-electron chi connectivity index (χ2n) is 8.69. The number of benzene rings is 1. The van der Waals surface area contributed by atoms with Crippen molar-refractivity contribution in [3.8, 4) is 0 Å². The third kappa shape index (κ3) is 3.07. The van der Waals surface area contributed by atoms with E-state index >= 15 is 0 Å². The molecule has 4 saturated carbocycles. The zero-order valence-corrected chi connectivity index (χ0v) is 16.5. The molecule has 0 saturated heterocycles. The summed E-state index contributed by atoms with van der Waals surface area (Å²) in [5.41, 5.74) is 2.50. The molecule has 0 aliphatic heterocycles. The van der Waals surface area contributed by atoms with Crippen molar-refractivity contribution in [1.82, 2.24) is 0 Å². The molecule has 134 valence electrons. The number of Topliss-reactive ketones (excluding diaryl/α,β-unsaturated/α-hetero) is 1. The maximum atomic E-state index is 12.9. The zero-order valence-electron chi connectivity index (χ0n) is 14.9. The minimum Gasteiger partial charge on any atom is -0.457 e. The first-order valence-corrected chi connectivity index (χ1v) is 10.0. The lowest BCUT2D eigenvalue weighted by molar-refractivity contribution is -0.168. The standard InChI is InChI=1S/C21H25BrO3/c1-13-3-4-17(5-14(13)2)18(23)11-25-19(24)20-7-15-6-16(8-20)10-21(22,9-15)12-20/h3-5,15-16H,6-12H2,1-2H3/t15-,16+,20?,21?. The van der Waals surface area contributed by atoms with E-state index in [2.05, 4.69) is 15.9 Å². The number of aryl methyl sites for hydroxylation is 2. The number of ketones is 1. The summed E-state index contributed by atoms with van der Waals surface area (Å²) in [5, 5.41) is 0. The average molecular weight is 405 g/mol. The molecule has 0 N–H and O–H groups in total. The summed E-state index contributed by atoms with van der Waals surface area (Å²) < 4.78 is 5.67. The molecular weight excluding hydrogens is 380 g/mol. The van der Waals surface area contributed by atoms with E-state index in [1.165, 1.54) is 19.3 Å². The second kappa shape index (κ2) is 5.94. The molecule has 4 fully saturated rings. The van der Waals surface area contributed by atoms with Crippen molar-refractivity contribution in [2.75, 3.05) is 6.61 Å². The van der Waals surface area contributed by atoms with Crippen molar-refractivity contribution < 1.29 is 14.3 Å². The highest BCUT2D eigenvalue weighted by Gasteiger charge is 2.60. The van der Waals surface area contributed by atoms with Crippen molar-refractivity contribution in [1.29, 1.82) is 0 Å². The lowest BCUT2D eigenvalue weighted by Gasteiger charge is -2.58. The van der Waals surface area contributed by atoms with Crippen molar-refractivity contribution >= 4 is 27.7 Å². The fourth-order valence-electron chi connectivity index (χ4n) is 5.67. The quantitative estimate of drug-likeness (QED) is 0.412. The Morgan fingerprint density at radius 3 is 2.40 bits per heavy atom. The number of esters is 1. The molecule has 4 aliphatic carbocycles. The normalized spacial score (nSPS) is 35.6. The number of hydrogen-bond donors (Lipinski definition) is 0. The number of hydrogen-bond acceptors (Lipinski definition) is 3. The molecule has 4 bridgehead atoms. The van der Waals surface area contributed by atoms with Crippen LogP contribution in [0.5, 0.6) is 0 Å². The van der Waals surface area contributed by atoms with Crippen LogP contribution in [0, 0.1) is 31.1 Å². The van der Waals surface area contributed by atoms with E-state index in [0.29, 0.717) is 17.4 Å². The maximum absolute atomic E-state index is 12.9. The second-order valence-corrected chi connectivity index (χ2v) is 10.4. The van der Waals surface area contributed by atoms with E-state index in [4.69, 9.17) is 4.74 Å². The van der Waals surface area contributed by atoms with Crippen LogP contribution in [0.4, 0.5) is 0 Å². The number of ether oxygens (including phenoxy) is 1. The minimum atomic E-state index is -0.364. The van der Waals surface area contributed by atoms with Gasteiger partial charge in [-0.15, -0.1) is 0 Å². The monoisotopic (exact) mass is 404 g/mol. The van der Waals surface area contributed by atoms with Crippen LogP contribution in [0.3, 0.4) is 0 Å². The van der Waals surface area contributed by atoms with Crippen molar-refractivity contribution in [2.24, 2.45) is 17.3 Å². The van der Waals surface area contributed by atoms with Crippen LogP contribution in [-0.2, 0) is 9.53 Å². The van der Waals surface area contributed by atoms with Crippen LogP contribution in [0.1, 0.15) is 60.0 Å². The van der Waals surface area contributed by atoms with Gasteiger partial charge in [0.2, 0.25) is 0 Å². The Labute approximate surface area is 157 Å². The SMILES string of the molecule is Cc1ccc(C(=O)COC(=O)C23C[C@@H]4C[C@@H](CC(Br)(C4)C2)C3)cc1C. The van der Waals surface area contributed by atoms with Crippen molar-refractivity contribution in [2.45, 2.75) is 56.7 Å². The van der Waals surface area contributed by atoms with Crippen LogP contribution in [0.15, 0.2) is 18.2 Å². The molecule has 5 rings (SSSR count).